The summed E-state index contributed by atoms with van der Waals surface area (Å²) < 4.78 is 5.55. The van der Waals surface area contributed by atoms with Gasteiger partial charge in [-0.2, -0.15) is 0 Å². The van der Waals surface area contributed by atoms with E-state index in [2.05, 4.69) is 54.6 Å². The lowest BCUT2D eigenvalue weighted by molar-refractivity contribution is -0.418. The molecule has 0 aliphatic heterocycles. The Morgan fingerprint density at radius 1 is 0.714 bits per heavy atom. The third-order valence-electron chi connectivity index (χ3n) is 3.50. The predicted molar refractivity (Wildman–Crippen MR) is 88.1 cm³/mol. The van der Waals surface area contributed by atoms with Gasteiger partial charge < -0.3 is 0 Å². The zero-order valence-electron chi connectivity index (χ0n) is 12.0. The Morgan fingerprint density at radius 3 is 1.76 bits per heavy atom. The minimum absolute atomic E-state index is 0.889. The fraction of sp³-hybridized carbons (Fsp3) is 0.0500. The molecule has 0 atom stereocenters. The summed E-state index contributed by atoms with van der Waals surface area (Å²) in [5.41, 5.74) is 4.67. The Morgan fingerprint density at radius 2 is 1.24 bits per heavy atom. The van der Waals surface area contributed by atoms with Gasteiger partial charge in [-0.05, 0) is 17.2 Å². The molecule has 0 radical (unpaired) electrons. The quantitative estimate of drug-likeness (QED) is 0.569. The summed E-state index contributed by atoms with van der Waals surface area (Å²) in [6, 6.07) is 20.9. The second kappa shape index (κ2) is 6.19. The van der Waals surface area contributed by atoms with Crippen LogP contribution in [-0.2, 0) is 4.42 Å². The van der Waals surface area contributed by atoms with Crippen LogP contribution >= 0.6 is 0 Å². The molecule has 0 amide bonds. The molecule has 0 saturated heterocycles. The molecule has 0 heterocycles. The average Bonchev–Trinajstić information content (AvgIpc) is 2.58. The van der Waals surface area contributed by atoms with Crippen molar-refractivity contribution in [2.45, 2.75) is 0 Å². The van der Waals surface area contributed by atoms with Crippen LogP contribution in [0.3, 0.4) is 0 Å². The van der Waals surface area contributed by atoms with Crippen LogP contribution in [0.1, 0.15) is 11.1 Å². The molecule has 0 saturated carbocycles. The predicted octanol–water partition coefficient (Wildman–Crippen LogP) is 4.35. The first-order valence-corrected chi connectivity index (χ1v) is 7.01. The number of rotatable bonds is 2. The van der Waals surface area contributed by atoms with E-state index in [1.165, 1.54) is 16.7 Å². The van der Waals surface area contributed by atoms with E-state index in [9.17, 15) is 0 Å². The molecule has 1 nitrogen and oxygen atoms in total. The Balaban J connectivity index is 2.27. The Kier molecular flexibility index (Phi) is 3.92. The standard InChI is InChI=1S/C20H17O/c1-21-19-15-9-8-14-18(19)20(16-10-4-2-5-11-16)17-12-6-3-7-13-17/h2-15H,1H3/q+1. The van der Waals surface area contributed by atoms with Gasteiger partial charge in [-0.15, -0.1) is 0 Å². The number of ketones is 1. The van der Waals surface area contributed by atoms with Crippen LogP contribution in [0.15, 0.2) is 90.5 Å². The molecule has 0 spiro atoms. The van der Waals surface area contributed by atoms with Crippen molar-refractivity contribution in [3.05, 3.63) is 102 Å². The zero-order chi connectivity index (χ0) is 14.5. The number of benzene rings is 2. The molecule has 102 valence electrons. The van der Waals surface area contributed by atoms with E-state index < -0.39 is 0 Å². The normalized spacial score (nSPS) is 15.5. The molecule has 0 bridgehead atoms. The SMILES string of the molecule is C[O+]=C1C=CC=CC1=C(c1ccccc1)c1ccccc1. The van der Waals surface area contributed by atoms with Gasteiger partial charge >= 0.3 is 5.78 Å². The molecule has 2 aromatic carbocycles. The van der Waals surface area contributed by atoms with E-state index in [1.54, 1.807) is 7.11 Å². The molecule has 1 aliphatic rings. The van der Waals surface area contributed by atoms with E-state index in [0.717, 1.165) is 11.4 Å². The highest BCUT2D eigenvalue weighted by Gasteiger charge is 2.21. The minimum Gasteiger partial charge on any atom is -0.257 e. The Hall–Kier alpha value is -2.67. The summed E-state index contributed by atoms with van der Waals surface area (Å²) in [6.45, 7) is 0. The van der Waals surface area contributed by atoms with Gasteiger partial charge in [0.2, 0.25) is 0 Å². The van der Waals surface area contributed by atoms with Crippen LogP contribution < -0.4 is 0 Å². The lowest BCUT2D eigenvalue weighted by Crippen LogP contribution is -2.06. The topological polar surface area (TPSA) is 11.3 Å². The molecular weight excluding hydrogens is 256 g/mol. The van der Waals surface area contributed by atoms with Crippen LogP contribution in [-0.4, -0.2) is 12.9 Å². The van der Waals surface area contributed by atoms with Crippen molar-refractivity contribution >= 4 is 11.4 Å². The van der Waals surface area contributed by atoms with Crippen molar-refractivity contribution in [2.75, 3.05) is 7.11 Å². The third-order valence-corrected chi connectivity index (χ3v) is 3.50. The lowest BCUT2D eigenvalue weighted by atomic mass is 9.89. The monoisotopic (exact) mass is 273 g/mol. The highest BCUT2D eigenvalue weighted by molar-refractivity contribution is 6.14. The van der Waals surface area contributed by atoms with E-state index in [4.69, 9.17) is 4.42 Å². The number of hydrogen-bond donors (Lipinski definition) is 0. The fourth-order valence-corrected chi connectivity index (χ4v) is 2.54. The third kappa shape index (κ3) is 2.77. The molecule has 3 rings (SSSR count). The van der Waals surface area contributed by atoms with Crippen LogP contribution in [0.2, 0.25) is 0 Å². The van der Waals surface area contributed by atoms with Crippen LogP contribution in [0.5, 0.6) is 0 Å². The molecule has 0 N–H and O–H groups in total. The highest BCUT2D eigenvalue weighted by atomic mass is 16.4. The van der Waals surface area contributed by atoms with Gasteiger partial charge in [0.25, 0.3) is 7.11 Å². The second-order valence-electron chi connectivity index (χ2n) is 4.81. The van der Waals surface area contributed by atoms with Gasteiger partial charge in [0, 0.05) is 11.6 Å². The van der Waals surface area contributed by atoms with Crippen LogP contribution in [0.4, 0.5) is 0 Å². The molecule has 1 heteroatoms. The maximum Gasteiger partial charge on any atom is 0.350 e. The van der Waals surface area contributed by atoms with Crippen molar-refractivity contribution in [2.24, 2.45) is 0 Å². The van der Waals surface area contributed by atoms with Crippen molar-refractivity contribution in [1.29, 1.82) is 0 Å². The molecule has 0 aromatic heterocycles. The molecular formula is C20H17O+. The number of carbonyl (C=O) groups excluding carboxylic acids is 1. The first-order chi connectivity index (χ1) is 10.4. The van der Waals surface area contributed by atoms with Crippen molar-refractivity contribution < 1.29 is 4.42 Å². The highest BCUT2D eigenvalue weighted by Crippen LogP contribution is 2.29. The van der Waals surface area contributed by atoms with Crippen LogP contribution in [0, 0.1) is 0 Å². The maximum absolute atomic E-state index is 5.55. The molecule has 0 unspecified atom stereocenters. The second-order valence-corrected chi connectivity index (χ2v) is 4.81. The zero-order valence-corrected chi connectivity index (χ0v) is 12.0. The smallest absolute Gasteiger partial charge is 0.257 e. The Bertz CT molecular complexity index is 690. The summed E-state index contributed by atoms with van der Waals surface area (Å²) in [4.78, 5) is 0. The van der Waals surface area contributed by atoms with E-state index >= 15 is 0 Å². The fourth-order valence-electron chi connectivity index (χ4n) is 2.54. The minimum atomic E-state index is 0.889. The van der Waals surface area contributed by atoms with Gasteiger partial charge in [-0.3, -0.25) is 4.42 Å². The number of hydrogen-bond acceptors (Lipinski definition) is 0. The van der Waals surface area contributed by atoms with Gasteiger partial charge in [-0.25, -0.2) is 0 Å². The first-order valence-electron chi connectivity index (χ1n) is 7.01. The van der Waals surface area contributed by atoms with Crippen molar-refractivity contribution in [3.8, 4) is 0 Å². The summed E-state index contributed by atoms with van der Waals surface area (Å²) in [5, 5.41) is 0. The molecule has 0 fully saturated rings. The van der Waals surface area contributed by atoms with Gasteiger partial charge in [0.05, 0.1) is 5.57 Å². The Labute approximate surface area is 125 Å². The van der Waals surface area contributed by atoms with E-state index in [-0.39, 0.29) is 0 Å². The van der Waals surface area contributed by atoms with Gasteiger partial charge in [0.15, 0.2) is 0 Å². The summed E-state index contributed by atoms with van der Waals surface area (Å²) in [5.74, 6) is 0.889. The number of allylic oxidation sites excluding steroid dienone is 5. The average molecular weight is 273 g/mol. The molecule has 1 aliphatic carbocycles. The molecule has 2 aromatic rings. The van der Waals surface area contributed by atoms with Crippen molar-refractivity contribution in [1.82, 2.24) is 0 Å². The first kappa shape index (κ1) is 13.3. The largest absolute Gasteiger partial charge is 0.350 e. The maximum atomic E-state index is 5.55. The van der Waals surface area contributed by atoms with E-state index in [1.807, 2.05) is 30.4 Å². The molecule has 21 heavy (non-hydrogen) atoms. The summed E-state index contributed by atoms with van der Waals surface area (Å²) in [7, 11) is 1.71. The van der Waals surface area contributed by atoms with Crippen LogP contribution in [0.25, 0.3) is 5.57 Å². The van der Waals surface area contributed by atoms with E-state index in [0.29, 0.717) is 0 Å². The van der Waals surface area contributed by atoms with Gasteiger partial charge in [-0.1, -0.05) is 72.8 Å². The van der Waals surface area contributed by atoms with Gasteiger partial charge in [0.1, 0.15) is 0 Å². The summed E-state index contributed by atoms with van der Waals surface area (Å²) in [6.07, 6.45) is 8.15. The lowest BCUT2D eigenvalue weighted by Gasteiger charge is -2.12. The summed E-state index contributed by atoms with van der Waals surface area (Å²) >= 11 is 0. The van der Waals surface area contributed by atoms with Crippen molar-refractivity contribution in [3.63, 3.8) is 0 Å².